The van der Waals surface area contributed by atoms with Crippen LogP contribution in [-0.4, -0.2) is 24.1 Å². The van der Waals surface area contributed by atoms with Crippen molar-refractivity contribution in [2.45, 2.75) is 66.3 Å². The van der Waals surface area contributed by atoms with Gasteiger partial charge in [0.25, 0.3) is 0 Å². The smallest absolute Gasteiger partial charge is 0.123 e. The van der Waals surface area contributed by atoms with E-state index in [1.54, 1.807) is 0 Å². The molecule has 1 rings (SSSR count). The molecular formula is C18H31NO. The van der Waals surface area contributed by atoms with Gasteiger partial charge in [0.1, 0.15) is 5.75 Å². The van der Waals surface area contributed by atoms with Gasteiger partial charge in [-0.05, 0) is 74.5 Å². The molecule has 1 aromatic carbocycles. The molecule has 0 saturated carbocycles. The van der Waals surface area contributed by atoms with Crippen molar-refractivity contribution in [1.29, 1.82) is 0 Å². The minimum Gasteiger partial charge on any atom is -0.507 e. The minimum absolute atomic E-state index is 0.334. The molecule has 0 aromatic heterocycles. The quantitative estimate of drug-likeness (QED) is 0.848. The van der Waals surface area contributed by atoms with Gasteiger partial charge in [0.2, 0.25) is 0 Å². The second-order valence-electron chi connectivity index (χ2n) is 6.79. The van der Waals surface area contributed by atoms with Gasteiger partial charge in [-0.2, -0.15) is 0 Å². The Kier molecular flexibility index (Phi) is 5.26. The maximum atomic E-state index is 10.7. The van der Waals surface area contributed by atoms with Crippen LogP contribution < -0.4 is 0 Å². The van der Waals surface area contributed by atoms with Gasteiger partial charge in [-0.25, -0.2) is 0 Å². The fraction of sp³-hybridized carbons (Fsp3) is 0.667. The zero-order valence-corrected chi connectivity index (χ0v) is 14.6. The zero-order valence-electron chi connectivity index (χ0n) is 14.6. The van der Waals surface area contributed by atoms with Crippen LogP contribution in [0.3, 0.4) is 0 Å². The zero-order chi connectivity index (χ0) is 15.8. The van der Waals surface area contributed by atoms with E-state index < -0.39 is 0 Å². The summed E-state index contributed by atoms with van der Waals surface area (Å²) in [5.41, 5.74) is 6.10. The molecule has 114 valence electrons. The molecule has 0 amide bonds. The molecule has 0 radical (unpaired) electrons. The topological polar surface area (TPSA) is 23.5 Å². The van der Waals surface area contributed by atoms with Crippen LogP contribution in [0.25, 0.3) is 0 Å². The predicted octanol–water partition coefficient (Wildman–Crippen LogP) is 4.88. The number of aromatic hydroxyl groups is 1. The number of benzene rings is 1. The number of nitrogens with zero attached hydrogens (tertiary/aromatic N) is 1. The first kappa shape index (κ1) is 17.0. The van der Waals surface area contributed by atoms with Crippen LogP contribution >= 0.6 is 0 Å². The van der Waals surface area contributed by atoms with Crippen LogP contribution in [0, 0.1) is 13.8 Å². The van der Waals surface area contributed by atoms with Crippen molar-refractivity contribution in [3.63, 3.8) is 0 Å². The van der Waals surface area contributed by atoms with Gasteiger partial charge in [-0.15, -0.1) is 0 Å². The lowest BCUT2D eigenvalue weighted by atomic mass is 9.81. The van der Waals surface area contributed by atoms with Crippen LogP contribution in [0.4, 0.5) is 0 Å². The number of hydrogen-bond donors (Lipinski definition) is 1. The van der Waals surface area contributed by atoms with E-state index >= 15 is 0 Å². The van der Waals surface area contributed by atoms with E-state index in [-0.39, 0.29) is 0 Å². The molecule has 0 spiro atoms. The molecule has 0 heterocycles. The molecule has 0 aliphatic carbocycles. The van der Waals surface area contributed by atoms with E-state index in [1.165, 1.54) is 16.7 Å². The van der Waals surface area contributed by atoms with Gasteiger partial charge < -0.3 is 10.0 Å². The molecule has 20 heavy (non-hydrogen) atoms. The first-order valence-corrected chi connectivity index (χ1v) is 7.63. The maximum absolute atomic E-state index is 10.7. The van der Waals surface area contributed by atoms with Crippen LogP contribution in [0.2, 0.25) is 0 Å². The fourth-order valence-corrected chi connectivity index (χ4v) is 3.37. The lowest BCUT2D eigenvalue weighted by Gasteiger charge is -2.30. The summed E-state index contributed by atoms with van der Waals surface area (Å²) in [5, 5.41) is 10.7. The molecule has 1 N–H and O–H groups in total. The molecule has 0 aliphatic rings. The lowest BCUT2D eigenvalue weighted by Crippen LogP contribution is -2.20. The Balaban J connectivity index is 3.76. The Morgan fingerprint density at radius 3 is 1.35 bits per heavy atom. The predicted molar refractivity (Wildman–Crippen MR) is 87.9 cm³/mol. The Morgan fingerprint density at radius 1 is 0.750 bits per heavy atom. The van der Waals surface area contributed by atoms with Crippen molar-refractivity contribution in [2.24, 2.45) is 0 Å². The van der Waals surface area contributed by atoms with Crippen molar-refractivity contribution < 1.29 is 5.11 Å². The fourth-order valence-electron chi connectivity index (χ4n) is 3.37. The molecule has 2 heteroatoms. The molecule has 1 atom stereocenters. The highest BCUT2D eigenvalue weighted by atomic mass is 16.3. The molecule has 1 unspecified atom stereocenters. The van der Waals surface area contributed by atoms with Crippen molar-refractivity contribution in [2.75, 3.05) is 14.1 Å². The first-order chi connectivity index (χ1) is 9.11. The van der Waals surface area contributed by atoms with Crippen molar-refractivity contribution in [3.05, 3.63) is 27.8 Å². The maximum Gasteiger partial charge on any atom is 0.123 e. The molecular weight excluding hydrogens is 246 g/mol. The standard InChI is InChI=1S/C18H31NO/c1-10(2)15-12(5)17(14(7)19(8)9)13(6)16(11(3)4)18(15)20/h10-11,14,20H,1-9H3. The molecule has 0 aliphatic heterocycles. The van der Waals surface area contributed by atoms with E-state index in [4.69, 9.17) is 0 Å². The van der Waals surface area contributed by atoms with Gasteiger partial charge in [0.15, 0.2) is 0 Å². The van der Waals surface area contributed by atoms with E-state index in [1.807, 2.05) is 0 Å². The van der Waals surface area contributed by atoms with Crippen molar-refractivity contribution >= 4 is 0 Å². The van der Waals surface area contributed by atoms with Crippen molar-refractivity contribution in [3.8, 4) is 5.75 Å². The summed E-state index contributed by atoms with van der Waals surface area (Å²) in [6.07, 6.45) is 0. The Labute approximate surface area is 124 Å². The van der Waals surface area contributed by atoms with E-state index in [0.717, 1.165) is 11.1 Å². The highest BCUT2D eigenvalue weighted by Crippen LogP contribution is 2.43. The Hall–Kier alpha value is -1.02. The number of phenolic OH excluding ortho intramolecular Hbond substituents is 1. The monoisotopic (exact) mass is 277 g/mol. The first-order valence-electron chi connectivity index (χ1n) is 7.63. The highest BCUT2D eigenvalue weighted by molar-refractivity contribution is 5.57. The van der Waals surface area contributed by atoms with Gasteiger partial charge >= 0.3 is 0 Å². The van der Waals surface area contributed by atoms with Crippen LogP contribution in [0.5, 0.6) is 5.75 Å². The minimum atomic E-state index is 0.334. The summed E-state index contributed by atoms with van der Waals surface area (Å²) in [6, 6.07) is 0.352. The van der Waals surface area contributed by atoms with Gasteiger partial charge in [-0.3, -0.25) is 0 Å². The summed E-state index contributed by atoms with van der Waals surface area (Å²) >= 11 is 0. The highest BCUT2D eigenvalue weighted by Gasteiger charge is 2.25. The van der Waals surface area contributed by atoms with Crippen LogP contribution in [0.1, 0.15) is 80.3 Å². The summed E-state index contributed by atoms with van der Waals surface area (Å²) < 4.78 is 0. The van der Waals surface area contributed by atoms with Gasteiger partial charge in [0, 0.05) is 6.04 Å². The third-order valence-electron chi connectivity index (χ3n) is 4.47. The Morgan fingerprint density at radius 2 is 1.10 bits per heavy atom. The molecule has 1 aromatic rings. The van der Waals surface area contributed by atoms with E-state index in [0.29, 0.717) is 23.6 Å². The summed E-state index contributed by atoms with van der Waals surface area (Å²) in [6.45, 7) is 15.2. The second kappa shape index (κ2) is 6.17. The Bertz CT molecular complexity index is 452. The summed E-state index contributed by atoms with van der Waals surface area (Å²) in [7, 11) is 4.22. The summed E-state index contributed by atoms with van der Waals surface area (Å²) in [4.78, 5) is 2.24. The molecule has 0 bridgehead atoms. The largest absolute Gasteiger partial charge is 0.507 e. The van der Waals surface area contributed by atoms with E-state index in [9.17, 15) is 5.11 Å². The SMILES string of the molecule is Cc1c(C(C)C)c(O)c(C(C)C)c(C)c1C(C)N(C)C. The molecule has 0 fully saturated rings. The number of hydrogen-bond acceptors (Lipinski definition) is 2. The van der Waals surface area contributed by atoms with E-state index in [2.05, 4.69) is 67.5 Å². The van der Waals surface area contributed by atoms with Crippen LogP contribution in [0.15, 0.2) is 0 Å². The average molecular weight is 277 g/mol. The third-order valence-corrected chi connectivity index (χ3v) is 4.47. The normalized spacial score (nSPS) is 13.6. The average Bonchev–Trinajstić information content (AvgIpc) is 2.26. The lowest BCUT2D eigenvalue weighted by molar-refractivity contribution is 0.318. The van der Waals surface area contributed by atoms with Gasteiger partial charge in [0.05, 0.1) is 0 Å². The molecule has 0 saturated heterocycles. The van der Waals surface area contributed by atoms with Crippen molar-refractivity contribution in [1.82, 2.24) is 4.90 Å². The van der Waals surface area contributed by atoms with Crippen LogP contribution in [-0.2, 0) is 0 Å². The van der Waals surface area contributed by atoms with Gasteiger partial charge in [-0.1, -0.05) is 27.7 Å². The molecule has 2 nitrogen and oxygen atoms in total. The number of phenols is 1. The third kappa shape index (κ3) is 2.85. The summed E-state index contributed by atoms with van der Waals surface area (Å²) in [5.74, 6) is 1.18. The second-order valence-corrected chi connectivity index (χ2v) is 6.79. The number of rotatable bonds is 4.